The summed E-state index contributed by atoms with van der Waals surface area (Å²) in [5.41, 5.74) is 1.05. The van der Waals surface area contributed by atoms with Crippen molar-refractivity contribution in [2.24, 2.45) is 0 Å². The maximum Gasteiger partial charge on any atom is 0.265 e. The van der Waals surface area contributed by atoms with Gasteiger partial charge in [-0.05, 0) is 62.2 Å². The van der Waals surface area contributed by atoms with Crippen LogP contribution in [0.15, 0.2) is 42.5 Å². The van der Waals surface area contributed by atoms with Gasteiger partial charge in [0, 0.05) is 16.6 Å². The van der Waals surface area contributed by atoms with Crippen LogP contribution in [0.1, 0.15) is 49.4 Å². The first-order valence-corrected chi connectivity index (χ1v) is 10.6. The van der Waals surface area contributed by atoms with E-state index in [0.717, 1.165) is 12.8 Å². The third kappa shape index (κ3) is 5.89. The number of amides is 2. The molecule has 160 valence electrons. The van der Waals surface area contributed by atoms with Crippen LogP contribution in [0.4, 0.5) is 5.69 Å². The molecule has 0 aliphatic heterocycles. The van der Waals surface area contributed by atoms with E-state index in [-0.39, 0.29) is 17.9 Å². The van der Waals surface area contributed by atoms with E-state index in [0.29, 0.717) is 27.8 Å². The van der Waals surface area contributed by atoms with Crippen LogP contribution in [0.25, 0.3) is 0 Å². The summed E-state index contributed by atoms with van der Waals surface area (Å²) < 4.78 is 11.0. The minimum absolute atomic E-state index is 0.0766. The maximum absolute atomic E-state index is 12.5. The quantitative estimate of drug-likeness (QED) is 0.660. The summed E-state index contributed by atoms with van der Waals surface area (Å²) in [4.78, 5) is 24.9. The van der Waals surface area contributed by atoms with Gasteiger partial charge in [-0.25, -0.2) is 0 Å². The Morgan fingerprint density at radius 2 is 1.77 bits per heavy atom. The molecule has 2 aromatic rings. The molecular weight excluding hydrogens is 404 g/mol. The lowest BCUT2D eigenvalue weighted by Crippen LogP contribution is -2.36. The van der Waals surface area contributed by atoms with Crippen LogP contribution >= 0.6 is 11.6 Å². The van der Waals surface area contributed by atoms with E-state index >= 15 is 0 Å². The van der Waals surface area contributed by atoms with Gasteiger partial charge in [-0.3, -0.25) is 9.59 Å². The lowest BCUT2D eigenvalue weighted by molar-refractivity contribution is -0.122. The highest BCUT2D eigenvalue weighted by molar-refractivity contribution is 6.31. The summed E-state index contributed by atoms with van der Waals surface area (Å²) in [6, 6.07) is 12.0. The number of anilines is 1. The first-order valence-electron chi connectivity index (χ1n) is 10.2. The molecule has 1 atom stereocenters. The van der Waals surface area contributed by atoms with Crippen LogP contribution in [0.3, 0.4) is 0 Å². The molecule has 0 aromatic heterocycles. The summed E-state index contributed by atoms with van der Waals surface area (Å²) in [5, 5.41) is 6.34. The highest BCUT2D eigenvalue weighted by Gasteiger charge is 2.19. The molecule has 2 amide bonds. The molecule has 7 heteroatoms. The van der Waals surface area contributed by atoms with E-state index in [1.165, 1.54) is 26.4 Å². The summed E-state index contributed by atoms with van der Waals surface area (Å²) >= 11 is 6.00. The van der Waals surface area contributed by atoms with Crippen molar-refractivity contribution >= 4 is 29.1 Å². The fraction of sp³-hybridized carbons (Fsp3) is 0.391. The molecule has 0 saturated heterocycles. The molecule has 1 fully saturated rings. The Hall–Kier alpha value is -2.73. The van der Waals surface area contributed by atoms with Crippen molar-refractivity contribution in [1.29, 1.82) is 0 Å². The minimum Gasteiger partial charge on any atom is -0.495 e. The van der Waals surface area contributed by atoms with Crippen molar-refractivity contribution in [2.45, 2.75) is 51.2 Å². The van der Waals surface area contributed by atoms with Crippen LogP contribution in [-0.4, -0.2) is 31.1 Å². The van der Waals surface area contributed by atoms with Gasteiger partial charge in [0.25, 0.3) is 11.8 Å². The first kappa shape index (κ1) is 22.0. The molecule has 3 rings (SSSR count). The summed E-state index contributed by atoms with van der Waals surface area (Å²) in [6.45, 7) is 1.65. The van der Waals surface area contributed by atoms with Crippen molar-refractivity contribution in [3.05, 3.63) is 53.1 Å². The molecule has 1 saturated carbocycles. The van der Waals surface area contributed by atoms with E-state index in [2.05, 4.69) is 10.6 Å². The topological polar surface area (TPSA) is 76.7 Å². The molecule has 2 aromatic carbocycles. The molecule has 0 bridgehead atoms. The van der Waals surface area contributed by atoms with Gasteiger partial charge in [0.2, 0.25) is 0 Å². The van der Waals surface area contributed by atoms with Crippen molar-refractivity contribution in [3.8, 4) is 11.5 Å². The van der Waals surface area contributed by atoms with Crippen molar-refractivity contribution in [3.63, 3.8) is 0 Å². The normalized spacial score (nSPS) is 15.2. The van der Waals surface area contributed by atoms with Crippen LogP contribution in [0, 0.1) is 0 Å². The Balaban J connectivity index is 1.56. The number of nitrogens with one attached hydrogen (secondary N) is 2. The maximum atomic E-state index is 12.5. The standard InChI is InChI=1S/C23H27ClN2O4/c1-15(22(27)26-20-14-17(24)10-13-21(20)29-2)30-19-11-8-16(9-12-19)23(28)25-18-6-4-3-5-7-18/h8-15,18H,3-7H2,1-2H3,(H,25,28)(H,26,27). The lowest BCUT2D eigenvalue weighted by Gasteiger charge is -2.22. The second-order valence-corrected chi connectivity index (χ2v) is 7.86. The van der Waals surface area contributed by atoms with E-state index in [1.807, 2.05) is 0 Å². The summed E-state index contributed by atoms with van der Waals surface area (Å²) in [7, 11) is 1.52. The van der Waals surface area contributed by atoms with Crippen LogP contribution in [0.2, 0.25) is 5.02 Å². The van der Waals surface area contributed by atoms with Gasteiger partial charge >= 0.3 is 0 Å². The van der Waals surface area contributed by atoms with Gasteiger partial charge in [0.15, 0.2) is 6.10 Å². The molecule has 30 heavy (non-hydrogen) atoms. The third-order valence-corrected chi connectivity index (χ3v) is 5.39. The predicted molar refractivity (Wildman–Crippen MR) is 118 cm³/mol. The van der Waals surface area contributed by atoms with Crippen molar-refractivity contribution < 1.29 is 19.1 Å². The number of ether oxygens (including phenoxy) is 2. The Bertz CT molecular complexity index is 879. The fourth-order valence-corrected chi connectivity index (χ4v) is 3.64. The van der Waals surface area contributed by atoms with Gasteiger partial charge in [-0.1, -0.05) is 30.9 Å². The molecule has 1 aliphatic carbocycles. The number of halogens is 1. The van der Waals surface area contributed by atoms with Gasteiger partial charge in [-0.15, -0.1) is 0 Å². The number of rotatable bonds is 7. The summed E-state index contributed by atoms with van der Waals surface area (Å²) in [5.74, 6) is 0.597. The van der Waals surface area contributed by atoms with E-state index in [4.69, 9.17) is 21.1 Å². The highest BCUT2D eigenvalue weighted by atomic mass is 35.5. The van der Waals surface area contributed by atoms with Gasteiger partial charge in [0.05, 0.1) is 12.8 Å². The zero-order valence-corrected chi connectivity index (χ0v) is 18.0. The van der Waals surface area contributed by atoms with Crippen molar-refractivity contribution in [1.82, 2.24) is 5.32 Å². The van der Waals surface area contributed by atoms with Gasteiger partial charge in [-0.2, -0.15) is 0 Å². The smallest absolute Gasteiger partial charge is 0.265 e. The Morgan fingerprint density at radius 1 is 1.07 bits per heavy atom. The first-order chi connectivity index (χ1) is 14.5. The number of hydrogen-bond donors (Lipinski definition) is 2. The highest BCUT2D eigenvalue weighted by Crippen LogP contribution is 2.28. The Morgan fingerprint density at radius 3 is 2.43 bits per heavy atom. The number of carbonyl (C=O) groups is 2. The van der Waals surface area contributed by atoms with E-state index in [9.17, 15) is 9.59 Å². The molecule has 1 unspecified atom stereocenters. The molecule has 1 aliphatic rings. The molecule has 0 heterocycles. The van der Waals surface area contributed by atoms with E-state index < -0.39 is 6.10 Å². The van der Waals surface area contributed by atoms with E-state index in [1.54, 1.807) is 49.4 Å². The largest absolute Gasteiger partial charge is 0.495 e. The van der Waals surface area contributed by atoms with Crippen LogP contribution in [0.5, 0.6) is 11.5 Å². The fourth-order valence-electron chi connectivity index (χ4n) is 3.47. The number of carbonyl (C=O) groups excluding carboxylic acids is 2. The average Bonchev–Trinajstić information content (AvgIpc) is 2.75. The Kier molecular flexibility index (Phi) is 7.57. The minimum atomic E-state index is -0.754. The number of hydrogen-bond acceptors (Lipinski definition) is 4. The van der Waals surface area contributed by atoms with Crippen LogP contribution < -0.4 is 20.1 Å². The second-order valence-electron chi connectivity index (χ2n) is 7.43. The third-order valence-electron chi connectivity index (χ3n) is 5.16. The van der Waals surface area contributed by atoms with Crippen LogP contribution in [-0.2, 0) is 4.79 Å². The molecule has 0 spiro atoms. The number of benzene rings is 2. The predicted octanol–water partition coefficient (Wildman–Crippen LogP) is 4.82. The lowest BCUT2D eigenvalue weighted by atomic mass is 9.95. The SMILES string of the molecule is COc1ccc(Cl)cc1NC(=O)C(C)Oc1ccc(C(=O)NC2CCCCC2)cc1. The Labute approximate surface area is 181 Å². The average molecular weight is 431 g/mol. The monoisotopic (exact) mass is 430 g/mol. The molecular formula is C23H27ClN2O4. The molecule has 2 N–H and O–H groups in total. The number of methoxy groups -OCH3 is 1. The zero-order valence-electron chi connectivity index (χ0n) is 17.2. The van der Waals surface area contributed by atoms with Crippen molar-refractivity contribution in [2.75, 3.05) is 12.4 Å². The summed E-state index contributed by atoms with van der Waals surface area (Å²) in [6.07, 6.45) is 4.90. The van der Waals surface area contributed by atoms with Gasteiger partial charge in [0.1, 0.15) is 11.5 Å². The second kappa shape index (κ2) is 10.3. The molecule has 0 radical (unpaired) electrons. The van der Waals surface area contributed by atoms with Gasteiger partial charge < -0.3 is 20.1 Å². The zero-order chi connectivity index (χ0) is 21.5. The molecule has 6 nitrogen and oxygen atoms in total.